The Morgan fingerprint density at radius 2 is 1.93 bits per heavy atom. The Morgan fingerprint density at radius 1 is 1.13 bits per heavy atom. The second kappa shape index (κ2) is 8.10. The van der Waals surface area contributed by atoms with Crippen LogP contribution in [0.3, 0.4) is 0 Å². The Balaban J connectivity index is 1.60. The van der Waals surface area contributed by atoms with Gasteiger partial charge in [0, 0.05) is 48.7 Å². The second-order valence-electron chi connectivity index (χ2n) is 7.55. The van der Waals surface area contributed by atoms with Crippen LogP contribution in [0.1, 0.15) is 33.9 Å². The fraction of sp³-hybridized carbons (Fsp3) is 0.304. The lowest BCUT2D eigenvalue weighted by atomic mass is 10.0. The van der Waals surface area contributed by atoms with Crippen molar-refractivity contribution in [1.82, 2.24) is 29.9 Å². The van der Waals surface area contributed by atoms with Crippen molar-refractivity contribution in [2.45, 2.75) is 33.7 Å². The van der Waals surface area contributed by atoms with Gasteiger partial charge in [0.15, 0.2) is 0 Å². The molecule has 0 atom stereocenters. The molecule has 3 heterocycles. The molecule has 0 unspecified atom stereocenters. The molecule has 0 radical (unpaired) electrons. The van der Waals surface area contributed by atoms with Crippen molar-refractivity contribution in [2.24, 2.45) is 7.05 Å². The van der Waals surface area contributed by atoms with E-state index in [1.54, 1.807) is 6.20 Å². The number of carbonyl (C=O) groups excluding carboxylic acids is 1. The minimum Gasteiger partial charge on any atom is -0.352 e. The van der Waals surface area contributed by atoms with E-state index < -0.39 is 0 Å². The summed E-state index contributed by atoms with van der Waals surface area (Å²) in [7, 11) is 1.92. The molecule has 0 spiro atoms. The normalized spacial score (nSPS) is 11.2. The van der Waals surface area contributed by atoms with Crippen LogP contribution >= 0.6 is 0 Å². The van der Waals surface area contributed by atoms with Crippen LogP contribution in [0.2, 0.25) is 0 Å². The van der Waals surface area contributed by atoms with Crippen LogP contribution in [0.4, 0.5) is 0 Å². The van der Waals surface area contributed by atoms with Gasteiger partial charge in [-0.2, -0.15) is 10.2 Å². The van der Waals surface area contributed by atoms with Gasteiger partial charge in [0.1, 0.15) is 0 Å². The van der Waals surface area contributed by atoms with Crippen LogP contribution in [-0.4, -0.2) is 37.0 Å². The third-order valence-corrected chi connectivity index (χ3v) is 5.49. The minimum atomic E-state index is -0.0915. The van der Waals surface area contributed by atoms with Gasteiger partial charge < -0.3 is 5.32 Å². The molecular weight excluding hydrogens is 376 g/mol. The van der Waals surface area contributed by atoms with E-state index in [0.29, 0.717) is 12.1 Å². The number of carbonyl (C=O) groups is 1. The van der Waals surface area contributed by atoms with Crippen LogP contribution in [0.5, 0.6) is 0 Å². The van der Waals surface area contributed by atoms with Crippen molar-refractivity contribution in [3.05, 3.63) is 65.2 Å². The van der Waals surface area contributed by atoms with E-state index in [4.69, 9.17) is 4.98 Å². The highest BCUT2D eigenvalue weighted by Gasteiger charge is 2.18. The Kier molecular flexibility index (Phi) is 5.35. The molecule has 4 aromatic rings. The molecule has 0 aliphatic carbocycles. The number of aromatic nitrogens is 5. The van der Waals surface area contributed by atoms with E-state index >= 15 is 0 Å². The van der Waals surface area contributed by atoms with Crippen molar-refractivity contribution in [3.63, 3.8) is 0 Å². The zero-order chi connectivity index (χ0) is 21.3. The molecule has 0 bridgehead atoms. The van der Waals surface area contributed by atoms with Gasteiger partial charge in [0.2, 0.25) is 0 Å². The molecule has 7 nitrogen and oxygen atoms in total. The summed E-state index contributed by atoms with van der Waals surface area (Å²) in [4.78, 5) is 17.9. The summed E-state index contributed by atoms with van der Waals surface area (Å²) in [5.74, 6) is -0.0915. The van der Waals surface area contributed by atoms with Crippen LogP contribution in [0.15, 0.2) is 42.6 Å². The SMILES string of the molecule is Cc1nn(C)c(C)c1-c1cc(C(=O)NCCCn2nccc2C)c2ccccc2n1. The van der Waals surface area contributed by atoms with E-state index in [1.165, 1.54) is 0 Å². The third-order valence-electron chi connectivity index (χ3n) is 5.49. The Hall–Kier alpha value is -3.48. The van der Waals surface area contributed by atoms with E-state index in [1.807, 2.05) is 73.6 Å². The lowest BCUT2D eigenvalue weighted by molar-refractivity contribution is 0.0954. The highest BCUT2D eigenvalue weighted by Crippen LogP contribution is 2.29. The van der Waals surface area contributed by atoms with Crippen molar-refractivity contribution < 1.29 is 4.79 Å². The first kappa shape index (κ1) is 19.8. The number of benzene rings is 1. The van der Waals surface area contributed by atoms with Crippen molar-refractivity contribution >= 4 is 16.8 Å². The Morgan fingerprint density at radius 3 is 2.63 bits per heavy atom. The van der Waals surface area contributed by atoms with Crippen LogP contribution in [-0.2, 0) is 13.6 Å². The maximum atomic E-state index is 13.1. The first-order valence-corrected chi connectivity index (χ1v) is 10.1. The Bertz CT molecular complexity index is 1220. The van der Waals surface area contributed by atoms with Crippen LogP contribution in [0, 0.1) is 20.8 Å². The smallest absolute Gasteiger partial charge is 0.252 e. The third kappa shape index (κ3) is 3.70. The van der Waals surface area contributed by atoms with Crippen molar-refractivity contribution in [3.8, 4) is 11.3 Å². The molecule has 0 saturated carbocycles. The minimum absolute atomic E-state index is 0.0915. The quantitative estimate of drug-likeness (QED) is 0.500. The van der Waals surface area contributed by atoms with E-state index in [-0.39, 0.29) is 5.91 Å². The number of hydrogen-bond acceptors (Lipinski definition) is 4. The predicted octanol–water partition coefficient (Wildman–Crippen LogP) is 3.58. The highest BCUT2D eigenvalue weighted by molar-refractivity contribution is 6.07. The maximum Gasteiger partial charge on any atom is 0.252 e. The molecule has 0 fully saturated rings. The van der Waals surface area contributed by atoms with Gasteiger partial charge in [0.05, 0.1) is 22.5 Å². The molecule has 154 valence electrons. The molecular formula is C23H26N6O. The van der Waals surface area contributed by atoms with E-state index in [0.717, 1.165) is 52.2 Å². The number of amides is 1. The number of aryl methyl sites for hydroxylation is 4. The molecule has 0 aliphatic heterocycles. The molecule has 0 saturated heterocycles. The average Bonchev–Trinajstić information content (AvgIpc) is 3.25. The second-order valence-corrected chi connectivity index (χ2v) is 7.55. The highest BCUT2D eigenvalue weighted by atomic mass is 16.1. The average molecular weight is 403 g/mol. The van der Waals surface area contributed by atoms with Crippen LogP contribution < -0.4 is 5.32 Å². The number of para-hydroxylation sites is 1. The standard InChI is InChI=1S/C23H26N6O/c1-15-10-12-25-29(15)13-7-11-24-23(30)19-14-21(22-16(2)27-28(4)17(22)3)26-20-9-6-5-8-18(19)20/h5-6,8-10,12,14H,7,11,13H2,1-4H3,(H,24,30). The van der Waals surface area contributed by atoms with Gasteiger partial charge in [-0.05, 0) is 45.4 Å². The molecule has 0 aliphatic rings. The topological polar surface area (TPSA) is 77.6 Å². The first-order chi connectivity index (χ1) is 14.5. The fourth-order valence-electron chi connectivity index (χ4n) is 3.79. The molecule has 1 amide bonds. The summed E-state index contributed by atoms with van der Waals surface area (Å²) in [6, 6.07) is 11.6. The zero-order valence-corrected chi connectivity index (χ0v) is 17.8. The number of nitrogens with one attached hydrogen (secondary N) is 1. The summed E-state index contributed by atoms with van der Waals surface area (Å²) in [5, 5.41) is 12.7. The van der Waals surface area contributed by atoms with Gasteiger partial charge in [-0.3, -0.25) is 14.2 Å². The van der Waals surface area contributed by atoms with E-state index in [2.05, 4.69) is 15.5 Å². The predicted molar refractivity (Wildman–Crippen MR) is 117 cm³/mol. The van der Waals surface area contributed by atoms with Crippen molar-refractivity contribution in [1.29, 1.82) is 0 Å². The summed E-state index contributed by atoms with van der Waals surface area (Å²) in [6.45, 7) is 7.36. The zero-order valence-electron chi connectivity index (χ0n) is 17.8. The van der Waals surface area contributed by atoms with Gasteiger partial charge >= 0.3 is 0 Å². The largest absolute Gasteiger partial charge is 0.352 e. The molecule has 7 heteroatoms. The Labute approximate surface area is 175 Å². The van der Waals surface area contributed by atoms with Gasteiger partial charge in [-0.1, -0.05) is 18.2 Å². The van der Waals surface area contributed by atoms with Gasteiger partial charge in [-0.25, -0.2) is 4.98 Å². The maximum absolute atomic E-state index is 13.1. The number of nitrogens with zero attached hydrogens (tertiary/aromatic N) is 5. The fourth-order valence-corrected chi connectivity index (χ4v) is 3.79. The molecule has 1 N–H and O–H groups in total. The van der Waals surface area contributed by atoms with Crippen molar-refractivity contribution in [2.75, 3.05) is 6.54 Å². The van der Waals surface area contributed by atoms with E-state index in [9.17, 15) is 4.79 Å². The summed E-state index contributed by atoms with van der Waals surface area (Å²) >= 11 is 0. The summed E-state index contributed by atoms with van der Waals surface area (Å²) < 4.78 is 3.79. The monoisotopic (exact) mass is 402 g/mol. The molecule has 1 aromatic carbocycles. The number of pyridine rings is 1. The first-order valence-electron chi connectivity index (χ1n) is 10.1. The number of hydrogen-bond donors (Lipinski definition) is 1. The van der Waals surface area contributed by atoms with Gasteiger partial charge in [-0.15, -0.1) is 0 Å². The van der Waals surface area contributed by atoms with Gasteiger partial charge in [0.25, 0.3) is 5.91 Å². The summed E-state index contributed by atoms with van der Waals surface area (Å²) in [5.41, 5.74) is 6.23. The molecule has 4 rings (SSSR count). The number of fused-ring (bicyclic) bond motifs is 1. The number of rotatable bonds is 6. The van der Waals surface area contributed by atoms with Crippen LogP contribution in [0.25, 0.3) is 22.2 Å². The molecule has 3 aromatic heterocycles. The lowest BCUT2D eigenvalue weighted by Crippen LogP contribution is -2.26. The molecule has 30 heavy (non-hydrogen) atoms. The summed E-state index contributed by atoms with van der Waals surface area (Å²) in [6.07, 6.45) is 2.60. The lowest BCUT2D eigenvalue weighted by Gasteiger charge is -2.11.